The lowest BCUT2D eigenvalue weighted by Gasteiger charge is -2.03. The molecule has 0 saturated heterocycles. The van der Waals surface area contributed by atoms with Crippen LogP contribution >= 0.6 is 0 Å². The van der Waals surface area contributed by atoms with Crippen molar-refractivity contribution in [2.75, 3.05) is 6.54 Å². The Morgan fingerprint density at radius 2 is 1.60 bits per heavy atom. The Kier molecular flexibility index (Phi) is 5.74. The fourth-order valence-electron chi connectivity index (χ4n) is 1.88. The van der Waals surface area contributed by atoms with Gasteiger partial charge in [0.1, 0.15) is 0 Å². The zero-order valence-corrected chi connectivity index (χ0v) is 11.5. The van der Waals surface area contributed by atoms with Gasteiger partial charge in [0, 0.05) is 19.5 Å². The molecule has 2 rings (SSSR count). The van der Waals surface area contributed by atoms with Crippen molar-refractivity contribution in [2.45, 2.75) is 13.0 Å². The first kappa shape index (κ1) is 14.2. The van der Waals surface area contributed by atoms with Gasteiger partial charge >= 0.3 is 0 Å². The lowest BCUT2D eigenvalue weighted by molar-refractivity contribution is -0.114. The van der Waals surface area contributed by atoms with Gasteiger partial charge in [0.2, 0.25) is 0 Å². The highest BCUT2D eigenvalue weighted by Crippen LogP contribution is 2.01. The van der Waals surface area contributed by atoms with E-state index in [1.807, 2.05) is 54.6 Å². The predicted molar refractivity (Wildman–Crippen MR) is 83.2 cm³/mol. The molecule has 0 amide bonds. The van der Waals surface area contributed by atoms with Crippen molar-refractivity contribution in [3.05, 3.63) is 77.9 Å². The molecule has 0 unspecified atom stereocenters. The van der Waals surface area contributed by atoms with E-state index >= 15 is 0 Å². The molecule has 2 heteroatoms. The summed E-state index contributed by atoms with van der Waals surface area (Å²) in [5.41, 5.74) is 2.29. The van der Waals surface area contributed by atoms with Crippen LogP contribution in [0.25, 0.3) is 6.08 Å². The summed E-state index contributed by atoms with van der Waals surface area (Å²) in [6, 6.07) is 20.0. The Bertz CT molecular complexity index is 546. The summed E-state index contributed by atoms with van der Waals surface area (Å²) in [5.74, 6) is 0.148. The zero-order chi connectivity index (χ0) is 14.0. The van der Waals surface area contributed by atoms with Crippen LogP contribution in [-0.4, -0.2) is 12.3 Å². The highest BCUT2D eigenvalue weighted by atomic mass is 16.1. The van der Waals surface area contributed by atoms with Crippen molar-refractivity contribution in [1.29, 1.82) is 0 Å². The van der Waals surface area contributed by atoms with Gasteiger partial charge in [0.05, 0.1) is 0 Å². The zero-order valence-electron chi connectivity index (χ0n) is 11.5. The highest BCUT2D eigenvalue weighted by molar-refractivity contribution is 5.93. The molecule has 0 aliphatic carbocycles. The second kappa shape index (κ2) is 8.08. The van der Waals surface area contributed by atoms with Gasteiger partial charge in [-0.25, -0.2) is 0 Å². The quantitative estimate of drug-likeness (QED) is 0.613. The van der Waals surface area contributed by atoms with Crippen LogP contribution in [0.4, 0.5) is 0 Å². The van der Waals surface area contributed by atoms with Gasteiger partial charge in [-0.15, -0.1) is 0 Å². The van der Waals surface area contributed by atoms with E-state index in [4.69, 9.17) is 0 Å². The standard InChI is InChI=1S/C18H19NO/c20-18(12-11-16-7-3-1-4-8-16)13-14-19-15-17-9-5-2-6-10-17/h1-12,19H,13-15H2. The summed E-state index contributed by atoms with van der Waals surface area (Å²) in [6.07, 6.45) is 4.04. The summed E-state index contributed by atoms with van der Waals surface area (Å²) in [5, 5.41) is 3.28. The molecule has 0 aliphatic heterocycles. The summed E-state index contributed by atoms with van der Waals surface area (Å²) < 4.78 is 0. The largest absolute Gasteiger partial charge is 0.312 e. The molecule has 0 heterocycles. The molecule has 0 bridgehead atoms. The van der Waals surface area contributed by atoms with Crippen LogP contribution in [0.2, 0.25) is 0 Å². The van der Waals surface area contributed by atoms with Gasteiger partial charge in [0.25, 0.3) is 0 Å². The molecule has 0 aliphatic rings. The van der Waals surface area contributed by atoms with Crippen molar-refractivity contribution >= 4 is 11.9 Å². The smallest absolute Gasteiger partial charge is 0.156 e. The molecule has 2 nitrogen and oxygen atoms in total. The number of nitrogens with one attached hydrogen (secondary N) is 1. The molecule has 0 fully saturated rings. The average molecular weight is 265 g/mol. The number of hydrogen-bond donors (Lipinski definition) is 1. The summed E-state index contributed by atoms with van der Waals surface area (Å²) in [4.78, 5) is 11.7. The Labute approximate surface area is 120 Å². The van der Waals surface area contributed by atoms with Gasteiger partial charge < -0.3 is 5.32 Å². The molecule has 0 aromatic heterocycles. The fraction of sp³-hybridized carbons (Fsp3) is 0.167. The number of carbonyl (C=O) groups is 1. The lowest BCUT2D eigenvalue weighted by Crippen LogP contribution is -2.17. The maximum atomic E-state index is 11.7. The van der Waals surface area contributed by atoms with E-state index in [-0.39, 0.29) is 5.78 Å². The second-order valence-corrected chi connectivity index (χ2v) is 4.62. The predicted octanol–water partition coefficient (Wildman–Crippen LogP) is 3.45. The molecular weight excluding hydrogens is 246 g/mol. The van der Waals surface area contributed by atoms with Gasteiger partial charge in [-0.2, -0.15) is 0 Å². The van der Waals surface area contributed by atoms with Gasteiger partial charge in [-0.3, -0.25) is 4.79 Å². The van der Waals surface area contributed by atoms with Crippen LogP contribution in [-0.2, 0) is 11.3 Å². The van der Waals surface area contributed by atoms with Crippen LogP contribution in [0.3, 0.4) is 0 Å². The van der Waals surface area contributed by atoms with Crippen LogP contribution < -0.4 is 5.32 Å². The Morgan fingerprint density at radius 1 is 0.950 bits per heavy atom. The number of ketones is 1. The van der Waals surface area contributed by atoms with Crippen LogP contribution in [0.1, 0.15) is 17.5 Å². The van der Waals surface area contributed by atoms with Crippen molar-refractivity contribution in [3.63, 3.8) is 0 Å². The van der Waals surface area contributed by atoms with E-state index < -0.39 is 0 Å². The lowest BCUT2D eigenvalue weighted by atomic mass is 10.1. The third kappa shape index (κ3) is 5.21. The molecule has 20 heavy (non-hydrogen) atoms. The van der Waals surface area contributed by atoms with E-state index in [0.717, 1.165) is 12.1 Å². The summed E-state index contributed by atoms with van der Waals surface area (Å²) in [6.45, 7) is 1.50. The molecule has 0 atom stereocenters. The SMILES string of the molecule is O=C(C=Cc1ccccc1)CCNCc1ccccc1. The summed E-state index contributed by atoms with van der Waals surface area (Å²) >= 11 is 0. The number of carbonyl (C=O) groups excluding carboxylic acids is 1. The van der Waals surface area contributed by atoms with E-state index in [1.165, 1.54) is 5.56 Å². The first-order chi connectivity index (χ1) is 9.84. The maximum Gasteiger partial charge on any atom is 0.156 e. The van der Waals surface area contributed by atoms with E-state index in [0.29, 0.717) is 13.0 Å². The third-order valence-corrected chi connectivity index (χ3v) is 2.98. The second-order valence-electron chi connectivity index (χ2n) is 4.62. The first-order valence-electron chi connectivity index (χ1n) is 6.85. The average Bonchev–Trinajstić information content (AvgIpc) is 2.52. The van der Waals surface area contributed by atoms with E-state index in [1.54, 1.807) is 6.08 Å². The molecule has 1 N–H and O–H groups in total. The van der Waals surface area contributed by atoms with Crippen LogP contribution in [0, 0.1) is 0 Å². The van der Waals surface area contributed by atoms with E-state index in [2.05, 4.69) is 17.4 Å². The molecule has 0 radical (unpaired) electrons. The maximum absolute atomic E-state index is 11.7. The van der Waals surface area contributed by atoms with Gasteiger partial charge in [-0.05, 0) is 17.2 Å². The van der Waals surface area contributed by atoms with Gasteiger partial charge in [0.15, 0.2) is 5.78 Å². The fourth-order valence-corrected chi connectivity index (χ4v) is 1.88. The molecule has 2 aromatic carbocycles. The van der Waals surface area contributed by atoms with Crippen LogP contribution in [0.15, 0.2) is 66.7 Å². The van der Waals surface area contributed by atoms with Crippen molar-refractivity contribution < 1.29 is 4.79 Å². The minimum atomic E-state index is 0.148. The number of hydrogen-bond acceptors (Lipinski definition) is 2. The normalized spacial score (nSPS) is 10.8. The minimum absolute atomic E-state index is 0.148. The summed E-state index contributed by atoms with van der Waals surface area (Å²) in [7, 11) is 0. The third-order valence-electron chi connectivity index (χ3n) is 2.98. The minimum Gasteiger partial charge on any atom is -0.312 e. The molecule has 0 spiro atoms. The van der Waals surface area contributed by atoms with Crippen molar-refractivity contribution in [1.82, 2.24) is 5.32 Å². The van der Waals surface area contributed by atoms with Crippen molar-refractivity contribution in [2.24, 2.45) is 0 Å². The number of rotatable bonds is 7. The molecule has 2 aromatic rings. The number of benzene rings is 2. The molecule has 102 valence electrons. The Hall–Kier alpha value is -2.19. The number of allylic oxidation sites excluding steroid dienone is 1. The van der Waals surface area contributed by atoms with Crippen molar-refractivity contribution in [3.8, 4) is 0 Å². The topological polar surface area (TPSA) is 29.1 Å². The van der Waals surface area contributed by atoms with Gasteiger partial charge in [-0.1, -0.05) is 66.7 Å². The van der Waals surface area contributed by atoms with Crippen LogP contribution in [0.5, 0.6) is 0 Å². The molecular formula is C18H19NO. The molecule has 0 saturated carbocycles. The monoisotopic (exact) mass is 265 g/mol. The Morgan fingerprint density at radius 3 is 2.30 bits per heavy atom. The van der Waals surface area contributed by atoms with E-state index in [9.17, 15) is 4.79 Å². The first-order valence-corrected chi connectivity index (χ1v) is 6.85. The Balaban J connectivity index is 1.67. The highest BCUT2D eigenvalue weighted by Gasteiger charge is 1.97.